The molecule has 0 radical (unpaired) electrons. The minimum Gasteiger partial charge on any atom is -0.411 e. The van der Waals surface area contributed by atoms with E-state index >= 15 is 0 Å². The molecule has 2 aliphatic carbocycles. The molecule has 0 bridgehead atoms. The van der Waals surface area contributed by atoms with Crippen LogP contribution in [0.3, 0.4) is 0 Å². The Bertz CT molecular complexity index is 1040. The molecule has 1 fully saturated rings. The van der Waals surface area contributed by atoms with Gasteiger partial charge in [0.15, 0.2) is 0 Å². The van der Waals surface area contributed by atoms with Gasteiger partial charge in [-0.15, -0.1) is 0 Å². The Morgan fingerprint density at radius 2 is 1.86 bits per heavy atom. The first-order valence-electron chi connectivity index (χ1n) is 9.77. The molecule has 0 amide bonds. The quantitative estimate of drug-likeness (QED) is 0.539. The summed E-state index contributed by atoms with van der Waals surface area (Å²) >= 11 is 0. The van der Waals surface area contributed by atoms with Crippen molar-refractivity contribution in [1.82, 2.24) is 14.8 Å². The van der Waals surface area contributed by atoms with Gasteiger partial charge in [0.2, 0.25) is 0 Å². The number of nitrogens with zero attached hydrogens (tertiary/aromatic N) is 4. The fourth-order valence-corrected chi connectivity index (χ4v) is 4.47. The summed E-state index contributed by atoms with van der Waals surface area (Å²) < 4.78 is 1.94. The number of hydrogen-bond acceptors (Lipinski definition) is 5. The van der Waals surface area contributed by atoms with Crippen LogP contribution in [0.1, 0.15) is 42.9 Å². The van der Waals surface area contributed by atoms with Crippen molar-refractivity contribution in [2.75, 3.05) is 0 Å². The van der Waals surface area contributed by atoms with Gasteiger partial charge in [0.05, 0.1) is 17.9 Å². The van der Waals surface area contributed by atoms with Crippen LogP contribution in [0.4, 0.5) is 0 Å². The van der Waals surface area contributed by atoms with Crippen LogP contribution in [-0.2, 0) is 6.42 Å². The summed E-state index contributed by atoms with van der Waals surface area (Å²) in [7, 11) is 0. The molecule has 2 N–H and O–H groups in total. The molecule has 5 rings (SSSR count). The summed E-state index contributed by atoms with van der Waals surface area (Å²) in [4.78, 5) is 4.12. The third-order valence-electron chi connectivity index (χ3n) is 5.95. The topological polar surface area (TPSA) is 83.5 Å². The molecule has 6 heteroatoms. The van der Waals surface area contributed by atoms with Gasteiger partial charge in [-0.3, -0.25) is 9.67 Å². The maximum atomic E-state index is 10.4. The first-order chi connectivity index (χ1) is 13.7. The Labute approximate surface area is 163 Å². The molecule has 2 heterocycles. The van der Waals surface area contributed by atoms with Crippen LogP contribution in [0, 0.1) is 0 Å². The average molecular weight is 374 g/mol. The monoisotopic (exact) mass is 374 g/mol. The van der Waals surface area contributed by atoms with Crippen LogP contribution in [-0.4, -0.2) is 36.9 Å². The van der Waals surface area contributed by atoms with E-state index in [1.165, 1.54) is 5.56 Å². The Kier molecular flexibility index (Phi) is 4.20. The first-order valence-corrected chi connectivity index (χ1v) is 9.77. The average Bonchev–Trinajstić information content (AvgIpc) is 3.45. The summed E-state index contributed by atoms with van der Waals surface area (Å²) in [6.07, 6.45) is 9.69. The Balaban J connectivity index is 1.63. The maximum Gasteiger partial charge on any atom is 0.100 e. The van der Waals surface area contributed by atoms with E-state index in [1.807, 2.05) is 22.9 Å². The second-order valence-electron chi connectivity index (χ2n) is 7.59. The number of benzene rings is 1. The van der Waals surface area contributed by atoms with Gasteiger partial charge < -0.3 is 10.3 Å². The van der Waals surface area contributed by atoms with Crippen molar-refractivity contribution < 1.29 is 10.3 Å². The second kappa shape index (κ2) is 6.87. The lowest BCUT2D eigenvalue weighted by molar-refractivity contribution is 0.130. The molecule has 1 saturated carbocycles. The lowest BCUT2D eigenvalue weighted by atomic mass is 9.98. The molecule has 28 heavy (non-hydrogen) atoms. The van der Waals surface area contributed by atoms with Crippen LogP contribution >= 0.6 is 0 Å². The van der Waals surface area contributed by atoms with E-state index in [2.05, 4.69) is 28.5 Å². The van der Waals surface area contributed by atoms with Crippen LogP contribution in [0.2, 0.25) is 0 Å². The number of aliphatic hydroxyl groups is 1. The molecule has 1 unspecified atom stereocenters. The summed E-state index contributed by atoms with van der Waals surface area (Å²) in [5.41, 5.74) is 7.01. The molecule has 142 valence electrons. The van der Waals surface area contributed by atoms with Gasteiger partial charge in [-0.1, -0.05) is 23.4 Å². The van der Waals surface area contributed by atoms with E-state index < -0.39 is 0 Å². The maximum absolute atomic E-state index is 10.4. The predicted molar refractivity (Wildman–Crippen MR) is 106 cm³/mol. The highest BCUT2D eigenvalue weighted by Gasteiger charge is 2.29. The molecule has 2 aromatic heterocycles. The number of aryl methyl sites for hydroxylation is 1. The zero-order valence-electron chi connectivity index (χ0n) is 15.5. The number of aromatic nitrogens is 3. The largest absolute Gasteiger partial charge is 0.411 e. The van der Waals surface area contributed by atoms with Crippen molar-refractivity contribution >= 4 is 5.71 Å². The van der Waals surface area contributed by atoms with Gasteiger partial charge in [0, 0.05) is 35.3 Å². The van der Waals surface area contributed by atoms with E-state index in [0.29, 0.717) is 0 Å². The van der Waals surface area contributed by atoms with Gasteiger partial charge in [-0.2, -0.15) is 5.10 Å². The predicted octanol–water partition coefficient (Wildman–Crippen LogP) is 3.82. The lowest BCUT2D eigenvalue weighted by Crippen LogP contribution is -2.18. The van der Waals surface area contributed by atoms with E-state index in [4.69, 9.17) is 5.10 Å². The smallest absolute Gasteiger partial charge is 0.100 e. The highest BCUT2D eigenvalue weighted by atomic mass is 16.4. The van der Waals surface area contributed by atoms with Crippen molar-refractivity contribution in [2.45, 2.75) is 44.2 Å². The highest BCUT2D eigenvalue weighted by molar-refractivity contribution is 6.04. The van der Waals surface area contributed by atoms with Crippen molar-refractivity contribution in [3.05, 3.63) is 60.0 Å². The molecule has 1 aromatic carbocycles. The van der Waals surface area contributed by atoms with Gasteiger partial charge in [0.25, 0.3) is 0 Å². The van der Waals surface area contributed by atoms with E-state index in [9.17, 15) is 10.3 Å². The van der Waals surface area contributed by atoms with Crippen molar-refractivity contribution in [1.29, 1.82) is 0 Å². The SMILES string of the molecule is O/N=C1\CCc2cc(-c3cn(C4CCC[C@@H]4O)nc3-c3ccncc3)ccc21. The summed E-state index contributed by atoms with van der Waals surface area (Å²) in [6.45, 7) is 0. The normalized spacial score (nSPS) is 22.7. The van der Waals surface area contributed by atoms with E-state index in [1.54, 1.807) is 12.4 Å². The van der Waals surface area contributed by atoms with Gasteiger partial charge >= 0.3 is 0 Å². The summed E-state index contributed by atoms with van der Waals surface area (Å²) in [5, 5.41) is 27.9. The molecule has 0 spiro atoms. The minimum atomic E-state index is -0.346. The molecule has 0 aliphatic heterocycles. The standard InChI is InChI=1S/C22H22N4O2/c27-21-3-1-2-20(21)26-13-18(22(24-26)14-8-10-23-11-9-14)16-4-6-17-15(12-16)5-7-19(17)25-28/h4,6,8-13,20-21,27-28H,1-3,5,7H2/b25-19+/t20?,21-/m0/s1. The molecule has 2 atom stereocenters. The lowest BCUT2D eigenvalue weighted by Gasteiger charge is -2.14. The van der Waals surface area contributed by atoms with Crippen LogP contribution in [0.15, 0.2) is 54.1 Å². The van der Waals surface area contributed by atoms with Gasteiger partial charge in [-0.25, -0.2) is 0 Å². The Hall–Kier alpha value is -2.99. The molecular formula is C22H22N4O2. The molecule has 2 aliphatic rings. The number of hydrogen-bond donors (Lipinski definition) is 2. The van der Waals surface area contributed by atoms with E-state index in [-0.39, 0.29) is 12.1 Å². The fourth-order valence-electron chi connectivity index (χ4n) is 4.47. The zero-order valence-corrected chi connectivity index (χ0v) is 15.5. The second-order valence-corrected chi connectivity index (χ2v) is 7.59. The highest BCUT2D eigenvalue weighted by Crippen LogP contribution is 2.37. The van der Waals surface area contributed by atoms with Crippen molar-refractivity contribution in [3.8, 4) is 22.4 Å². The number of oxime groups is 1. The number of pyridine rings is 1. The Morgan fingerprint density at radius 1 is 1.00 bits per heavy atom. The van der Waals surface area contributed by atoms with Crippen LogP contribution in [0.5, 0.6) is 0 Å². The molecule has 6 nitrogen and oxygen atoms in total. The molecule has 0 saturated heterocycles. The summed E-state index contributed by atoms with van der Waals surface area (Å²) in [6, 6.07) is 10.2. The van der Waals surface area contributed by atoms with Crippen molar-refractivity contribution in [3.63, 3.8) is 0 Å². The molecule has 3 aromatic rings. The molecular weight excluding hydrogens is 352 g/mol. The zero-order chi connectivity index (χ0) is 19.1. The number of rotatable bonds is 3. The third kappa shape index (κ3) is 2.81. The summed E-state index contributed by atoms with van der Waals surface area (Å²) in [5.74, 6) is 0. The number of aliphatic hydroxyl groups excluding tert-OH is 1. The van der Waals surface area contributed by atoms with Crippen LogP contribution < -0.4 is 0 Å². The van der Waals surface area contributed by atoms with Gasteiger partial charge in [-0.05, 0) is 55.4 Å². The first kappa shape index (κ1) is 17.1. The van der Waals surface area contributed by atoms with Crippen LogP contribution in [0.25, 0.3) is 22.4 Å². The fraction of sp³-hybridized carbons (Fsp3) is 0.318. The Morgan fingerprint density at radius 3 is 2.61 bits per heavy atom. The number of fused-ring (bicyclic) bond motifs is 1. The van der Waals surface area contributed by atoms with Gasteiger partial charge in [0.1, 0.15) is 5.69 Å². The minimum absolute atomic E-state index is 0.0249. The third-order valence-corrected chi connectivity index (χ3v) is 5.95. The van der Waals surface area contributed by atoms with E-state index in [0.717, 1.165) is 65.8 Å². The van der Waals surface area contributed by atoms with Crippen molar-refractivity contribution in [2.24, 2.45) is 5.16 Å².